The molecule has 110 valence electrons. The van der Waals surface area contributed by atoms with Crippen molar-refractivity contribution in [1.82, 2.24) is 0 Å². The molecule has 2 aromatic carbocycles. The zero-order chi connectivity index (χ0) is 15.1. The Morgan fingerprint density at radius 3 is 2.43 bits per heavy atom. The van der Waals surface area contributed by atoms with Crippen molar-refractivity contribution in [3.8, 4) is 11.5 Å². The van der Waals surface area contributed by atoms with Crippen LogP contribution in [-0.2, 0) is 4.79 Å². The van der Waals surface area contributed by atoms with Gasteiger partial charge in [-0.2, -0.15) is 0 Å². The van der Waals surface area contributed by atoms with Crippen LogP contribution in [0.2, 0.25) is 0 Å². The average Bonchev–Trinajstić information content (AvgIpc) is 2.50. The fourth-order valence-electron chi connectivity index (χ4n) is 1.71. The van der Waals surface area contributed by atoms with Crippen molar-refractivity contribution in [1.29, 1.82) is 0 Å². The summed E-state index contributed by atoms with van der Waals surface area (Å²) in [6.07, 6.45) is 0.303. The lowest BCUT2D eigenvalue weighted by Gasteiger charge is -2.09. The largest absolute Gasteiger partial charge is 0.497 e. The zero-order valence-electron chi connectivity index (χ0n) is 11.6. The fourth-order valence-corrected chi connectivity index (χ4v) is 2.23. The van der Waals surface area contributed by atoms with Crippen LogP contribution in [0.4, 0.5) is 5.69 Å². The smallest absolute Gasteiger partial charge is 0.227 e. The van der Waals surface area contributed by atoms with Crippen molar-refractivity contribution < 1.29 is 14.3 Å². The Morgan fingerprint density at radius 2 is 1.76 bits per heavy atom. The third-order valence-electron chi connectivity index (χ3n) is 2.81. The predicted molar refractivity (Wildman–Crippen MR) is 90.9 cm³/mol. The Balaban J connectivity index is 1.77. The van der Waals surface area contributed by atoms with Crippen LogP contribution in [0.5, 0.6) is 11.5 Å². The van der Waals surface area contributed by atoms with E-state index >= 15 is 0 Å². The van der Waals surface area contributed by atoms with E-state index in [0.717, 1.165) is 20.8 Å². The summed E-state index contributed by atoms with van der Waals surface area (Å²) in [5.41, 5.74) is 0.826. The molecule has 0 aliphatic carbocycles. The first-order valence-corrected chi connectivity index (χ1v) is 7.58. The van der Waals surface area contributed by atoms with Crippen LogP contribution >= 0.6 is 22.6 Å². The minimum absolute atomic E-state index is 0.0624. The van der Waals surface area contributed by atoms with Crippen LogP contribution in [0.1, 0.15) is 6.42 Å². The Hall–Kier alpha value is -1.76. The van der Waals surface area contributed by atoms with Gasteiger partial charge in [-0.25, -0.2) is 0 Å². The van der Waals surface area contributed by atoms with Gasteiger partial charge in [0.15, 0.2) is 0 Å². The first-order valence-electron chi connectivity index (χ1n) is 6.50. The van der Waals surface area contributed by atoms with Gasteiger partial charge in [0.2, 0.25) is 5.91 Å². The topological polar surface area (TPSA) is 47.6 Å². The minimum atomic E-state index is -0.0624. The summed E-state index contributed by atoms with van der Waals surface area (Å²) in [6.45, 7) is 0.335. The van der Waals surface area contributed by atoms with Crippen LogP contribution in [0.25, 0.3) is 0 Å². The van der Waals surface area contributed by atoms with Gasteiger partial charge >= 0.3 is 0 Å². The highest BCUT2D eigenvalue weighted by molar-refractivity contribution is 14.1. The van der Waals surface area contributed by atoms with Crippen LogP contribution in [0.3, 0.4) is 0 Å². The first-order chi connectivity index (χ1) is 10.2. The maximum absolute atomic E-state index is 11.8. The molecule has 0 radical (unpaired) electrons. The van der Waals surface area contributed by atoms with Gasteiger partial charge in [0.25, 0.3) is 0 Å². The number of hydrogen-bond donors (Lipinski definition) is 1. The Kier molecular flexibility index (Phi) is 5.86. The number of benzene rings is 2. The molecule has 0 unspecified atom stereocenters. The minimum Gasteiger partial charge on any atom is -0.497 e. The van der Waals surface area contributed by atoms with Crippen molar-refractivity contribution in [3.63, 3.8) is 0 Å². The normalized spacial score (nSPS) is 10.0. The summed E-state index contributed by atoms with van der Waals surface area (Å²) in [4.78, 5) is 11.8. The maximum atomic E-state index is 11.8. The second-order valence-electron chi connectivity index (χ2n) is 4.30. The second kappa shape index (κ2) is 7.87. The molecule has 0 aliphatic rings. The molecule has 5 heteroatoms. The van der Waals surface area contributed by atoms with Gasteiger partial charge in [0.05, 0.1) is 25.8 Å². The van der Waals surface area contributed by atoms with E-state index in [-0.39, 0.29) is 5.91 Å². The molecular weight excluding hydrogens is 381 g/mol. The number of methoxy groups -OCH3 is 1. The monoisotopic (exact) mass is 397 g/mol. The molecule has 0 aliphatic heterocycles. The summed E-state index contributed by atoms with van der Waals surface area (Å²) >= 11 is 2.19. The van der Waals surface area contributed by atoms with Crippen molar-refractivity contribution in [2.45, 2.75) is 6.42 Å². The number of carbonyl (C=O) groups is 1. The van der Waals surface area contributed by atoms with Crippen LogP contribution in [-0.4, -0.2) is 19.6 Å². The lowest BCUT2D eigenvalue weighted by atomic mass is 10.3. The highest BCUT2D eigenvalue weighted by Crippen LogP contribution is 2.18. The summed E-state index contributed by atoms with van der Waals surface area (Å²) in [5, 5.41) is 2.87. The Labute approximate surface area is 137 Å². The van der Waals surface area contributed by atoms with Crippen LogP contribution in [0, 0.1) is 3.57 Å². The van der Waals surface area contributed by atoms with Crippen molar-refractivity contribution in [2.24, 2.45) is 0 Å². The predicted octanol–water partition coefficient (Wildman–Crippen LogP) is 3.71. The number of ether oxygens (including phenoxy) is 2. The molecule has 0 aromatic heterocycles. The number of para-hydroxylation sites is 1. The number of rotatable bonds is 6. The highest BCUT2D eigenvalue weighted by atomic mass is 127. The number of amides is 1. The molecule has 0 heterocycles. The number of halogens is 1. The van der Waals surface area contributed by atoms with E-state index in [9.17, 15) is 4.79 Å². The molecule has 4 nitrogen and oxygen atoms in total. The van der Waals surface area contributed by atoms with E-state index in [4.69, 9.17) is 9.47 Å². The molecule has 0 atom stereocenters. The summed E-state index contributed by atoms with van der Waals surface area (Å²) < 4.78 is 11.6. The van der Waals surface area contributed by atoms with E-state index in [1.54, 1.807) is 7.11 Å². The molecular formula is C16H16INO3. The lowest BCUT2D eigenvalue weighted by molar-refractivity contribution is -0.116. The third kappa shape index (κ3) is 4.93. The molecule has 0 saturated heterocycles. The molecule has 1 amide bonds. The first kappa shape index (κ1) is 15.6. The number of anilines is 1. The van der Waals surface area contributed by atoms with Gasteiger partial charge in [-0.15, -0.1) is 0 Å². The quantitative estimate of drug-likeness (QED) is 0.757. The fraction of sp³-hybridized carbons (Fsp3) is 0.188. The van der Waals surface area contributed by atoms with E-state index in [2.05, 4.69) is 27.9 Å². The summed E-state index contributed by atoms with van der Waals surface area (Å²) in [7, 11) is 1.62. The zero-order valence-corrected chi connectivity index (χ0v) is 13.8. The van der Waals surface area contributed by atoms with Gasteiger partial charge in [-0.3, -0.25) is 4.79 Å². The molecule has 0 bridgehead atoms. The van der Waals surface area contributed by atoms with Crippen LogP contribution in [0.15, 0.2) is 48.5 Å². The number of carbonyl (C=O) groups excluding carboxylic acids is 1. The summed E-state index contributed by atoms with van der Waals surface area (Å²) in [6, 6.07) is 14.9. The van der Waals surface area contributed by atoms with Gasteiger partial charge in [-0.05, 0) is 59.0 Å². The van der Waals surface area contributed by atoms with E-state index in [1.807, 2.05) is 48.5 Å². The van der Waals surface area contributed by atoms with Crippen molar-refractivity contribution in [2.75, 3.05) is 19.0 Å². The Morgan fingerprint density at radius 1 is 1.10 bits per heavy atom. The third-order valence-corrected chi connectivity index (χ3v) is 3.75. The molecule has 2 rings (SSSR count). The second-order valence-corrected chi connectivity index (χ2v) is 5.46. The van der Waals surface area contributed by atoms with Gasteiger partial charge in [0.1, 0.15) is 11.5 Å². The van der Waals surface area contributed by atoms with Gasteiger partial charge in [0, 0.05) is 3.57 Å². The molecule has 2 aromatic rings. The number of nitrogens with one attached hydrogen (secondary N) is 1. The highest BCUT2D eigenvalue weighted by Gasteiger charge is 2.05. The van der Waals surface area contributed by atoms with Gasteiger partial charge in [-0.1, -0.05) is 12.1 Å². The SMILES string of the molecule is COc1ccc(OCCC(=O)Nc2ccccc2I)cc1. The molecule has 0 saturated carbocycles. The molecule has 1 N–H and O–H groups in total. The van der Waals surface area contributed by atoms with Crippen LogP contribution < -0.4 is 14.8 Å². The molecule has 0 fully saturated rings. The lowest BCUT2D eigenvalue weighted by Crippen LogP contribution is -2.15. The average molecular weight is 397 g/mol. The maximum Gasteiger partial charge on any atom is 0.227 e. The van der Waals surface area contributed by atoms with E-state index in [1.165, 1.54) is 0 Å². The molecule has 0 spiro atoms. The van der Waals surface area contributed by atoms with Crippen molar-refractivity contribution in [3.05, 3.63) is 52.1 Å². The standard InChI is InChI=1S/C16H16INO3/c1-20-12-6-8-13(9-7-12)21-11-10-16(19)18-15-5-3-2-4-14(15)17/h2-9H,10-11H2,1H3,(H,18,19). The van der Waals surface area contributed by atoms with E-state index in [0.29, 0.717) is 13.0 Å². The van der Waals surface area contributed by atoms with Crippen molar-refractivity contribution >= 4 is 34.2 Å². The Bertz CT molecular complexity index is 599. The molecule has 21 heavy (non-hydrogen) atoms. The van der Waals surface area contributed by atoms with E-state index < -0.39 is 0 Å². The summed E-state index contributed by atoms with van der Waals surface area (Å²) in [5.74, 6) is 1.43. The van der Waals surface area contributed by atoms with Gasteiger partial charge < -0.3 is 14.8 Å². The number of hydrogen-bond acceptors (Lipinski definition) is 3.